The van der Waals surface area contributed by atoms with Gasteiger partial charge < -0.3 is 43.4 Å². The van der Waals surface area contributed by atoms with Crippen molar-refractivity contribution < 1.29 is 29.4 Å². The molecule has 0 aromatic carbocycles. The molecule has 34 heavy (non-hydrogen) atoms. The molecule has 0 saturated carbocycles. The van der Waals surface area contributed by atoms with Crippen LogP contribution in [0.3, 0.4) is 0 Å². The van der Waals surface area contributed by atoms with Crippen LogP contribution in [0.2, 0.25) is 0 Å². The highest BCUT2D eigenvalue weighted by atomic mass is 16.4. The number of aliphatic imine (C=N–C) groups is 1. The van der Waals surface area contributed by atoms with Crippen molar-refractivity contribution in [3.05, 3.63) is 0 Å². The van der Waals surface area contributed by atoms with Gasteiger partial charge in [0.1, 0.15) is 18.1 Å². The van der Waals surface area contributed by atoms with Gasteiger partial charge in [-0.1, -0.05) is 27.7 Å². The number of aliphatic carboxylic acids is 1. The molecule has 0 spiro atoms. The number of carboxylic acids is 1. The van der Waals surface area contributed by atoms with Crippen LogP contribution < -0.4 is 33.2 Å². The number of nitrogens with two attached hydrogens (primary N) is 3. The lowest BCUT2D eigenvalue weighted by Gasteiger charge is -2.25. The normalized spacial score (nSPS) is 14.6. The fraction of sp³-hybridized carbons (Fsp3) is 0.762. The molecule has 4 atom stereocenters. The van der Waals surface area contributed by atoms with Crippen molar-refractivity contribution in [2.24, 2.45) is 34.0 Å². The lowest BCUT2D eigenvalue weighted by Crippen LogP contribution is -2.58. The molecule has 0 radical (unpaired) electrons. The molecule has 0 aromatic heterocycles. The third-order valence-electron chi connectivity index (χ3n) is 4.78. The zero-order chi connectivity index (χ0) is 26.4. The molecule has 196 valence electrons. The Labute approximate surface area is 200 Å². The number of nitrogens with zero attached hydrogens (tertiary/aromatic N) is 1. The van der Waals surface area contributed by atoms with Gasteiger partial charge in [-0.25, -0.2) is 4.79 Å². The monoisotopic (exact) mass is 487 g/mol. The van der Waals surface area contributed by atoms with Gasteiger partial charge in [0.2, 0.25) is 17.7 Å². The summed E-state index contributed by atoms with van der Waals surface area (Å²) in [4.78, 5) is 53.0. The van der Waals surface area contributed by atoms with Gasteiger partial charge in [0.25, 0.3) is 0 Å². The van der Waals surface area contributed by atoms with Crippen molar-refractivity contribution in [1.29, 1.82) is 0 Å². The summed E-state index contributed by atoms with van der Waals surface area (Å²) in [5, 5.41) is 26.3. The van der Waals surface area contributed by atoms with Crippen LogP contribution in [0.4, 0.5) is 0 Å². The zero-order valence-corrected chi connectivity index (χ0v) is 20.4. The van der Waals surface area contributed by atoms with Crippen molar-refractivity contribution >= 4 is 29.7 Å². The van der Waals surface area contributed by atoms with E-state index in [-0.39, 0.29) is 43.6 Å². The molecule has 4 unspecified atom stereocenters. The maximum atomic E-state index is 12.8. The van der Waals surface area contributed by atoms with E-state index in [9.17, 15) is 29.4 Å². The van der Waals surface area contributed by atoms with Gasteiger partial charge >= 0.3 is 5.97 Å². The Morgan fingerprint density at radius 3 is 1.79 bits per heavy atom. The number of aliphatic hydroxyl groups excluding tert-OH is 1. The van der Waals surface area contributed by atoms with E-state index in [4.69, 9.17) is 17.2 Å². The summed E-state index contributed by atoms with van der Waals surface area (Å²) in [6.07, 6.45) is 1.02. The molecule has 13 nitrogen and oxygen atoms in total. The highest BCUT2D eigenvalue weighted by Crippen LogP contribution is 2.08. The Kier molecular flexibility index (Phi) is 14.5. The standard InChI is InChI=1S/C21H41N7O6/c1-11(2)8-13(22)17(30)27-15(9-12(3)4)18(31)28-16(10-29)19(32)26-14(20(33)34)6-5-7-25-21(23)24/h11-16,29H,5-10,22H2,1-4H3,(H,26,32)(H,27,30)(H,28,31)(H,33,34)(H4,23,24,25). The second-order valence-electron chi connectivity index (χ2n) is 9.02. The van der Waals surface area contributed by atoms with E-state index in [0.717, 1.165) is 0 Å². The number of carbonyl (C=O) groups excluding carboxylic acids is 3. The molecule has 0 aliphatic carbocycles. The minimum absolute atomic E-state index is 0.0281. The van der Waals surface area contributed by atoms with Gasteiger partial charge in [-0.15, -0.1) is 0 Å². The summed E-state index contributed by atoms with van der Waals surface area (Å²) < 4.78 is 0. The lowest BCUT2D eigenvalue weighted by molar-refractivity contribution is -0.142. The largest absolute Gasteiger partial charge is 0.480 e. The Morgan fingerprint density at radius 2 is 1.32 bits per heavy atom. The number of rotatable bonds is 16. The van der Waals surface area contributed by atoms with E-state index in [1.165, 1.54) is 0 Å². The van der Waals surface area contributed by atoms with Crippen molar-refractivity contribution in [3.63, 3.8) is 0 Å². The summed E-state index contributed by atoms with van der Waals surface area (Å²) in [7, 11) is 0. The molecule has 0 rings (SSSR count). The molecule has 13 heteroatoms. The van der Waals surface area contributed by atoms with Gasteiger partial charge in [0, 0.05) is 6.54 Å². The van der Waals surface area contributed by atoms with Gasteiger partial charge in [-0.05, 0) is 37.5 Å². The molecule has 0 bridgehead atoms. The summed E-state index contributed by atoms with van der Waals surface area (Å²) in [6, 6.07) is -4.46. The maximum Gasteiger partial charge on any atom is 0.326 e. The van der Waals surface area contributed by atoms with Crippen LogP contribution in [0, 0.1) is 11.8 Å². The average molecular weight is 488 g/mol. The van der Waals surface area contributed by atoms with Gasteiger partial charge in [0.15, 0.2) is 5.96 Å². The van der Waals surface area contributed by atoms with Crippen molar-refractivity contribution in [3.8, 4) is 0 Å². The molecule has 0 saturated heterocycles. The highest BCUT2D eigenvalue weighted by Gasteiger charge is 2.30. The minimum atomic E-state index is -1.41. The number of guanidine groups is 1. The van der Waals surface area contributed by atoms with Crippen LogP contribution in [0.1, 0.15) is 53.4 Å². The Hall–Kier alpha value is -2.93. The fourth-order valence-corrected chi connectivity index (χ4v) is 3.10. The molecule has 0 aliphatic heterocycles. The molecule has 3 amide bonds. The Balaban J connectivity index is 5.19. The Bertz CT molecular complexity index is 710. The van der Waals surface area contributed by atoms with Gasteiger partial charge in [-0.3, -0.25) is 19.4 Å². The van der Waals surface area contributed by atoms with E-state index < -0.39 is 54.5 Å². The van der Waals surface area contributed by atoms with Crippen LogP contribution in [0.15, 0.2) is 4.99 Å². The smallest absolute Gasteiger partial charge is 0.326 e. The first-order valence-electron chi connectivity index (χ1n) is 11.3. The number of hydrogen-bond donors (Lipinski definition) is 8. The molecule has 0 aromatic rings. The SMILES string of the molecule is CC(C)CC(N)C(=O)NC(CC(C)C)C(=O)NC(CO)C(=O)NC(CCCN=C(N)N)C(=O)O. The van der Waals surface area contributed by atoms with Crippen LogP contribution >= 0.6 is 0 Å². The summed E-state index contributed by atoms with van der Waals surface area (Å²) >= 11 is 0. The van der Waals surface area contributed by atoms with Crippen LogP contribution in [-0.2, 0) is 19.2 Å². The second kappa shape index (κ2) is 15.8. The number of carbonyl (C=O) groups is 4. The molecular weight excluding hydrogens is 446 g/mol. The minimum Gasteiger partial charge on any atom is -0.480 e. The number of aliphatic hydroxyl groups is 1. The zero-order valence-electron chi connectivity index (χ0n) is 20.4. The van der Waals surface area contributed by atoms with Crippen molar-refractivity contribution in [2.75, 3.05) is 13.2 Å². The molecule has 0 fully saturated rings. The highest BCUT2D eigenvalue weighted by molar-refractivity contribution is 5.94. The first-order chi connectivity index (χ1) is 15.8. The average Bonchev–Trinajstić information content (AvgIpc) is 2.71. The third kappa shape index (κ3) is 12.9. The lowest BCUT2D eigenvalue weighted by atomic mass is 10.0. The van der Waals surface area contributed by atoms with Gasteiger partial charge in [0.05, 0.1) is 12.6 Å². The predicted molar refractivity (Wildman–Crippen MR) is 127 cm³/mol. The second-order valence-corrected chi connectivity index (χ2v) is 9.02. The third-order valence-corrected chi connectivity index (χ3v) is 4.78. The Morgan fingerprint density at radius 1 is 0.824 bits per heavy atom. The molecular formula is C21H41N7O6. The number of carboxylic acid groups (broad SMARTS) is 1. The first-order valence-corrected chi connectivity index (χ1v) is 11.3. The van der Waals surface area contributed by atoms with E-state index in [0.29, 0.717) is 6.42 Å². The van der Waals surface area contributed by atoms with Crippen molar-refractivity contribution in [1.82, 2.24) is 16.0 Å². The van der Waals surface area contributed by atoms with Crippen LogP contribution in [0.5, 0.6) is 0 Å². The van der Waals surface area contributed by atoms with Crippen LogP contribution in [-0.4, -0.2) is 77.2 Å². The van der Waals surface area contributed by atoms with E-state index in [2.05, 4.69) is 20.9 Å². The summed E-state index contributed by atoms with van der Waals surface area (Å²) in [5.41, 5.74) is 16.3. The summed E-state index contributed by atoms with van der Waals surface area (Å²) in [6.45, 7) is 6.96. The van der Waals surface area contributed by atoms with Crippen LogP contribution in [0.25, 0.3) is 0 Å². The van der Waals surface area contributed by atoms with E-state index in [1.807, 2.05) is 27.7 Å². The molecule has 11 N–H and O–H groups in total. The first kappa shape index (κ1) is 31.1. The van der Waals surface area contributed by atoms with Gasteiger partial charge in [-0.2, -0.15) is 0 Å². The molecule has 0 heterocycles. The van der Waals surface area contributed by atoms with E-state index >= 15 is 0 Å². The number of amides is 3. The number of hydrogen-bond acceptors (Lipinski definition) is 7. The molecule has 0 aliphatic rings. The summed E-state index contributed by atoms with van der Waals surface area (Å²) in [5.74, 6) is -3.27. The fourth-order valence-electron chi connectivity index (χ4n) is 3.10. The van der Waals surface area contributed by atoms with Crippen molar-refractivity contribution in [2.45, 2.75) is 77.5 Å². The maximum absolute atomic E-state index is 12.8. The quantitative estimate of drug-likeness (QED) is 0.0681. The topological polar surface area (TPSA) is 235 Å². The predicted octanol–water partition coefficient (Wildman–Crippen LogP) is -2.01. The number of nitrogens with one attached hydrogen (secondary N) is 3. The van der Waals surface area contributed by atoms with E-state index in [1.54, 1.807) is 0 Å².